The average molecular weight is 226 g/mol. The Labute approximate surface area is 93.8 Å². The number of aliphatic hydroxyl groups is 1. The highest BCUT2D eigenvalue weighted by molar-refractivity contribution is 6.70. The van der Waals surface area contributed by atoms with Gasteiger partial charge < -0.3 is 9.53 Å². The van der Waals surface area contributed by atoms with Gasteiger partial charge in [0, 0.05) is 5.92 Å². The van der Waals surface area contributed by atoms with Crippen molar-refractivity contribution >= 4 is 8.32 Å². The summed E-state index contributed by atoms with van der Waals surface area (Å²) in [4.78, 5) is 0. The summed E-state index contributed by atoms with van der Waals surface area (Å²) in [6, 6.07) is 0. The largest absolute Gasteiger partial charge is 0.547 e. The van der Waals surface area contributed by atoms with Gasteiger partial charge in [0.05, 0.1) is 11.4 Å². The lowest BCUT2D eigenvalue weighted by Gasteiger charge is -2.34. The standard InChI is InChI=1S/C12H22O2Si/c1-6-10-7-8-12(2,13)9-11(10)14-15(3,4)5/h6,9-10,13H,1,7-8H2,2-5H3/t10-,12-/m0/s1. The number of hydrogen-bond acceptors (Lipinski definition) is 2. The van der Waals surface area contributed by atoms with Crippen LogP contribution in [0.3, 0.4) is 0 Å². The fourth-order valence-electron chi connectivity index (χ4n) is 1.77. The molecule has 15 heavy (non-hydrogen) atoms. The van der Waals surface area contributed by atoms with Crippen LogP contribution in [0.2, 0.25) is 19.6 Å². The van der Waals surface area contributed by atoms with Crippen molar-refractivity contribution in [3.05, 3.63) is 24.5 Å². The van der Waals surface area contributed by atoms with Crippen LogP contribution < -0.4 is 0 Å². The van der Waals surface area contributed by atoms with Crippen molar-refractivity contribution in [3.63, 3.8) is 0 Å². The summed E-state index contributed by atoms with van der Waals surface area (Å²) in [7, 11) is -1.59. The summed E-state index contributed by atoms with van der Waals surface area (Å²) >= 11 is 0. The molecule has 0 heterocycles. The van der Waals surface area contributed by atoms with Crippen LogP contribution in [0.4, 0.5) is 0 Å². The predicted octanol–water partition coefficient (Wildman–Crippen LogP) is 3.07. The zero-order valence-electron chi connectivity index (χ0n) is 10.2. The zero-order chi connectivity index (χ0) is 11.7. The molecule has 1 rings (SSSR count). The minimum atomic E-state index is -1.59. The Hall–Kier alpha value is -0.543. The van der Waals surface area contributed by atoms with Crippen LogP contribution >= 0.6 is 0 Å². The van der Waals surface area contributed by atoms with E-state index < -0.39 is 13.9 Å². The van der Waals surface area contributed by atoms with Gasteiger partial charge in [0.2, 0.25) is 8.32 Å². The molecule has 0 amide bonds. The van der Waals surface area contributed by atoms with Crippen molar-refractivity contribution in [1.29, 1.82) is 0 Å². The normalized spacial score (nSPS) is 32.1. The molecule has 2 atom stereocenters. The van der Waals surface area contributed by atoms with E-state index >= 15 is 0 Å². The van der Waals surface area contributed by atoms with E-state index in [-0.39, 0.29) is 5.92 Å². The second-order valence-electron chi connectivity index (χ2n) is 5.50. The molecule has 2 nitrogen and oxygen atoms in total. The lowest BCUT2D eigenvalue weighted by atomic mass is 9.85. The molecular weight excluding hydrogens is 204 g/mol. The average Bonchev–Trinajstić information content (AvgIpc) is 1.99. The smallest absolute Gasteiger partial charge is 0.241 e. The molecule has 0 radical (unpaired) electrons. The van der Waals surface area contributed by atoms with Crippen LogP contribution in [0.15, 0.2) is 24.5 Å². The van der Waals surface area contributed by atoms with E-state index in [2.05, 4.69) is 26.2 Å². The molecule has 0 fully saturated rings. The molecule has 86 valence electrons. The summed E-state index contributed by atoms with van der Waals surface area (Å²) in [5.41, 5.74) is -0.714. The predicted molar refractivity (Wildman–Crippen MR) is 66.1 cm³/mol. The number of hydrogen-bond donors (Lipinski definition) is 1. The third-order valence-electron chi connectivity index (χ3n) is 2.49. The molecule has 0 saturated heterocycles. The van der Waals surface area contributed by atoms with Gasteiger partial charge in [0.25, 0.3) is 0 Å². The van der Waals surface area contributed by atoms with Crippen molar-refractivity contribution in [3.8, 4) is 0 Å². The van der Waals surface area contributed by atoms with Crippen LogP contribution in [0.1, 0.15) is 19.8 Å². The van der Waals surface area contributed by atoms with Crippen molar-refractivity contribution in [1.82, 2.24) is 0 Å². The van der Waals surface area contributed by atoms with Crippen LogP contribution in [0.25, 0.3) is 0 Å². The second-order valence-corrected chi connectivity index (χ2v) is 9.93. The summed E-state index contributed by atoms with van der Waals surface area (Å²) in [6.07, 6.45) is 5.48. The highest BCUT2D eigenvalue weighted by Gasteiger charge is 2.31. The molecule has 0 unspecified atom stereocenters. The Morgan fingerprint density at radius 3 is 2.67 bits per heavy atom. The minimum Gasteiger partial charge on any atom is -0.547 e. The molecule has 0 bridgehead atoms. The molecule has 0 spiro atoms. The van der Waals surface area contributed by atoms with Gasteiger partial charge in [0.1, 0.15) is 0 Å². The van der Waals surface area contributed by atoms with Gasteiger partial charge >= 0.3 is 0 Å². The molecular formula is C12H22O2Si. The molecule has 0 aromatic rings. The van der Waals surface area contributed by atoms with E-state index in [1.807, 2.05) is 19.1 Å². The topological polar surface area (TPSA) is 29.5 Å². The maximum Gasteiger partial charge on any atom is 0.241 e. The van der Waals surface area contributed by atoms with Gasteiger partial charge in [-0.05, 0) is 45.5 Å². The first-order valence-electron chi connectivity index (χ1n) is 5.50. The Balaban J connectivity index is 2.88. The van der Waals surface area contributed by atoms with Crippen LogP contribution in [-0.4, -0.2) is 19.0 Å². The lowest BCUT2D eigenvalue weighted by Crippen LogP contribution is -2.33. The first-order valence-corrected chi connectivity index (χ1v) is 8.91. The highest BCUT2D eigenvalue weighted by atomic mass is 28.4. The van der Waals surface area contributed by atoms with Crippen molar-refractivity contribution in [2.45, 2.75) is 45.0 Å². The highest BCUT2D eigenvalue weighted by Crippen LogP contribution is 2.33. The molecule has 1 aliphatic carbocycles. The Morgan fingerprint density at radius 2 is 2.20 bits per heavy atom. The van der Waals surface area contributed by atoms with Gasteiger partial charge in [-0.1, -0.05) is 6.08 Å². The lowest BCUT2D eigenvalue weighted by molar-refractivity contribution is 0.0799. The van der Waals surface area contributed by atoms with E-state index in [0.29, 0.717) is 0 Å². The summed E-state index contributed by atoms with van der Waals surface area (Å²) in [5.74, 6) is 1.19. The number of rotatable bonds is 3. The SMILES string of the molecule is C=C[C@H]1CC[C@](C)(O)C=C1O[Si](C)(C)C. The fourth-order valence-corrected chi connectivity index (χ4v) is 2.69. The summed E-state index contributed by atoms with van der Waals surface area (Å²) in [6.45, 7) is 12.1. The molecule has 0 aliphatic heterocycles. The van der Waals surface area contributed by atoms with Gasteiger partial charge in [-0.2, -0.15) is 0 Å². The summed E-state index contributed by atoms with van der Waals surface area (Å²) < 4.78 is 5.99. The van der Waals surface area contributed by atoms with Crippen LogP contribution in [0, 0.1) is 5.92 Å². The molecule has 0 aromatic carbocycles. The first-order chi connectivity index (χ1) is 6.73. The fraction of sp³-hybridized carbons (Fsp3) is 0.667. The Bertz CT molecular complexity index is 274. The van der Waals surface area contributed by atoms with Gasteiger partial charge in [0.15, 0.2) is 0 Å². The van der Waals surface area contributed by atoms with Crippen LogP contribution in [-0.2, 0) is 4.43 Å². The Morgan fingerprint density at radius 1 is 1.60 bits per heavy atom. The molecule has 3 heteroatoms. The third kappa shape index (κ3) is 3.84. The molecule has 1 aliphatic rings. The quantitative estimate of drug-likeness (QED) is 0.592. The number of allylic oxidation sites excluding steroid dienone is 1. The maximum atomic E-state index is 9.98. The first kappa shape index (κ1) is 12.5. The molecule has 1 N–H and O–H groups in total. The third-order valence-corrected chi connectivity index (χ3v) is 3.34. The van der Waals surface area contributed by atoms with Gasteiger partial charge in [-0.25, -0.2) is 0 Å². The monoisotopic (exact) mass is 226 g/mol. The second kappa shape index (κ2) is 4.14. The van der Waals surface area contributed by atoms with E-state index in [0.717, 1.165) is 18.6 Å². The van der Waals surface area contributed by atoms with E-state index in [1.54, 1.807) is 0 Å². The minimum absolute atomic E-state index is 0.275. The van der Waals surface area contributed by atoms with Crippen LogP contribution in [0.5, 0.6) is 0 Å². The van der Waals surface area contributed by atoms with Crippen molar-refractivity contribution in [2.24, 2.45) is 5.92 Å². The van der Waals surface area contributed by atoms with E-state index in [1.165, 1.54) is 0 Å². The van der Waals surface area contributed by atoms with E-state index in [4.69, 9.17) is 4.43 Å². The van der Waals surface area contributed by atoms with Crippen molar-refractivity contribution < 1.29 is 9.53 Å². The molecule has 0 saturated carbocycles. The summed E-state index contributed by atoms with van der Waals surface area (Å²) in [5, 5.41) is 9.98. The Kier molecular flexibility index (Phi) is 3.46. The van der Waals surface area contributed by atoms with Gasteiger partial charge in [-0.3, -0.25) is 0 Å². The van der Waals surface area contributed by atoms with E-state index in [9.17, 15) is 5.11 Å². The zero-order valence-corrected chi connectivity index (χ0v) is 11.2. The molecule has 0 aromatic heterocycles. The van der Waals surface area contributed by atoms with Crippen molar-refractivity contribution in [2.75, 3.05) is 0 Å². The van der Waals surface area contributed by atoms with Gasteiger partial charge in [-0.15, -0.1) is 6.58 Å². The maximum absolute atomic E-state index is 9.98.